The second-order valence-corrected chi connectivity index (χ2v) is 7.23. The van der Waals surface area contributed by atoms with Gasteiger partial charge in [0.15, 0.2) is 5.76 Å². The van der Waals surface area contributed by atoms with E-state index in [1.807, 2.05) is 0 Å². The Kier molecular flexibility index (Phi) is 7.28. The summed E-state index contributed by atoms with van der Waals surface area (Å²) in [4.78, 5) is 36.1. The van der Waals surface area contributed by atoms with Gasteiger partial charge in [0.2, 0.25) is 5.88 Å². The number of nitrogens with zero attached hydrogens (tertiary/aromatic N) is 1. The quantitative estimate of drug-likeness (QED) is 0.355. The van der Waals surface area contributed by atoms with Gasteiger partial charge in [-0.05, 0) is 38.8 Å². The zero-order valence-electron chi connectivity index (χ0n) is 17.6. The minimum atomic E-state index is -0.723. The van der Waals surface area contributed by atoms with Gasteiger partial charge in [-0.1, -0.05) is 19.3 Å². The van der Waals surface area contributed by atoms with Gasteiger partial charge in [0.1, 0.15) is 11.1 Å². The highest BCUT2D eigenvalue weighted by Gasteiger charge is 2.34. The summed E-state index contributed by atoms with van der Waals surface area (Å²) in [7, 11) is 0. The average Bonchev–Trinajstić information content (AvgIpc) is 3.14. The summed E-state index contributed by atoms with van der Waals surface area (Å²) in [5.74, 6) is -1.16. The molecule has 1 N–H and O–H groups in total. The lowest BCUT2D eigenvalue weighted by Crippen LogP contribution is -2.23. The Morgan fingerprint density at radius 3 is 2.16 bits per heavy atom. The fourth-order valence-electron chi connectivity index (χ4n) is 3.70. The molecule has 1 aliphatic rings. The number of furan rings is 1. The number of nitrogens with one attached hydrogen (secondary N) is 1. The normalized spacial score (nSPS) is 14.1. The van der Waals surface area contributed by atoms with E-state index >= 15 is 0 Å². The number of ether oxygens (including phenoxy) is 2. The molecule has 0 aliphatic heterocycles. The number of rotatable bonds is 8. The van der Waals surface area contributed by atoms with Gasteiger partial charge in [0.25, 0.3) is 5.69 Å². The first-order valence-electron chi connectivity index (χ1n) is 10.5. The smallest absolute Gasteiger partial charge is 0.344 e. The third-order valence-electron chi connectivity index (χ3n) is 5.15. The topological polar surface area (TPSA) is 121 Å². The number of esters is 2. The number of carbonyl (C=O) groups excluding carboxylic acids is 2. The molecule has 0 atom stereocenters. The van der Waals surface area contributed by atoms with Crippen LogP contribution in [0.4, 0.5) is 11.6 Å². The van der Waals surface area contributed by atoms with Crippen molar-refractivity contribution < 1.29 is 28.4 Å². The van der Waals surface area contributed by atoms with E-state index in [0.717, 1.165) is 32.1 Å². The highest BCUT2D eigenvalue weighted by molar-refractivity contribution is 6.10. The summed E-state index contributed by atoms with van der Waals surface area (Å²) in [6.45, 7) is 3.57. The van der Waals surface area contributed by atoms with Crippen molar-refractivity contribution in [3.05, 3.63) is 45.5 Å². The molecule has 1 fully saturated rings. The molecule has 9 heteroatoms. The van der Waals surface area contributed by atoms with E-state index in [0.29, 0.717) is 5.56 Å². The molecule has 3 rings (SSSR count). The van der Waals surface area contributed by atoms with Crippen LogP contribution < -0.4 is 5.32 Å². The molecule has 0 spiro atoms. The lowest BCUT2D eigenvalue weighted by atomic mass is 9.95. The molecule has 0 unspecified atom stereocenters. The molecular weight excluding hydrogens is 404 g/mol. The summed E-state index contributed by atoms with van der Waals surface area (Å²) < 4.78 is 16.4. The Morgan fingerprint density at radius 2 is 1.61 bits per heavy atom. The van der Waals surface area contributed by atoms with Crippen LogP contribution in [0.3, 0.4) is 0 Å². The van der Waals surface area contributed by atoms with Crippen molar-refractivity contribution >= 4 is 23.5 Å². The van der Waals surface area contributed by atoms with Crippen molar-refractivity contribution in [2.24, 2.45) is 0 Å². The number of nitro groups is 1. The Balaban J connectivity index is 2.12. The van der Waals surface area contributed by atoms with Crippen LogP contribution in [-0.4, -0.2) is 36.1 Å². The molecule has 0 bridgehead atoms. The van der Waals surface area contributed by atoms with E-state index in [9.17, 15) is 19.7 Å². The van der Waals surface area contributed by atoms with Crippen molar-refractivity contribution in [2.45, 2.75) is 52.0 Å². The minimum Gasteiger partial charge on any atom is -0.462 e. The Morgan fingerprint density at radius 1 is 1.03 bits per heavy atom. The maximum atomic E-state index is 12.8. The predicted octanol–water partition coefficient (Wildman–Crippen LogP) is 4.95. The molecule has 166 valence electrons. The minimum absolute atomic E-state index is 0.0146. The van der Waals surface area contributed by atoms with Crippen LogP contribution in [0.2, 0.25) is 0 Å². The lowest BCUT2D eigenvalue weighted by Gasteiger charge is -2.22. The van der Waals surface area contributed by atoms with E-state index in [1.54, 1.807) is 13.8 Å². The van der Waals surface area contributed by atoms with Gasteiger partial charge in [-0.3, -0.25) is 10.1 Å². The van der Waals surface area contributed by atoms with Crippen molar-refractivity contribution in [1.29, 1.82) is 0 Å². The Hall–Kier alpha value is -3.36. The fraction of sp³-hybridized carbons (Fsp3) is 0.455. The Bertz CT molecular complexity index is 944. The van der Waals surface area contributed by atoms with Crippen LogP contribution in [0, 0.1) is 10.1 Å². The molecular formula is C22H26N2O7. The van der Waals surface area contributed by atoms with Crippen molar-refractivity contribution in [1.82, 2.24) is 0 Å². The predicted molar refractivity (Wildman–Crippen MR) is 113 cm³/mol. The zero-order chi connectivity index (χ0) is 22.4. The molecule has 9 nitrogen and oxygen atoms in total. The molecule has 0 radical (unpaired) electrons. The first-order valence-corrected chi connectivity index (χ1v) is 10.5. The average molecular weight is 430 g/mol. The maximum absolute atomic E-state index is 12.8. The van der Waals surface area contributed by atoms with Gasteiger partial charge in [-0.25, -0.2) is 9.59 Å². The van der Waals surface area contributed by atoms with Crippen molar-refractivity contribution in [3.63, 3.8) is 0 Å². The number of hydrogen-bond donors (Lipinski definition) is 1. The molecule has 0 amide bonds. The lowest BCUT2D eigenvalue weighted by molar-refractivity contribution is -0.384. The molecule has 1 saturated carbocycles. The number of carbonyl (C=O) groups is 2. The monoisotopic (exact) mass is 430 g/mol. The van der Waals surface area contributed by atoms with Crippen LogP contribution in [0.1, 0.15) is 66.7 Å². The van der Waals surface area contributed by atoms with E-state index in [-0.39, 0.29) is 47.7 Å². The summed E-state index contributed by atoms with van der Waals surface area (Å²) >= 11 is 0. The molecule has 2 aromatic rings. The first kappa shape index (κ1) is 22.3. The molecule has 1 aromatic heterocycles. The van der Waals surface area contributed by atoms with Crippen molar-refractivity contribution in [2.75, 3.05) is 18.5 Å². The zero-order valence-corrected chi connectivity index (χ0v) is 17.6. The van der Waals surface area contributed by atoms with Gasteiger partial charge < -0.3 is 19.2 Å². The number of nitro benzene ring substituents is 1. The first-order chi connectivity index (χ1) is 15.0. The standard InChI is InChI=1S/C22H26N2O7/c1-3-29-21(25)17-18(22(26)30-4-2)20(23-15-8-6-5-7-9-15)31-19(17)14-10-12-16(13-11-14)24(27)28/h10-13,15,23H,3-9H2,1-2H3. The van der Waals surface area contributed by atoms with Gasteiger partial charge in [0, 0.05) is 23.7 Å². The van der Waals surface area contributed by atoms with Gasteiger partial charge in [-0.2, -0.15) is 0 Å². The number of anilines is 1. The number of hydrogen-bond acceptors (Lipinski definition) is 8. The van der Waals surface area contributed by atoms with Gasteiger partial charge in [0.05, 0.1) is 18.1 Å². The van der Waals surface area contributed by atoms with Crippen LogP contribution in [0.5, 0.6) is 0 Å². The molecule has 1 aromatic carbocycles. The second-order valence-electron chi connectivity index (χ2n) is 7.23. The molecule has 1 aliphatic carbocycles. The molecule has 0 saturated heterocycles. The van der Waals surface area contributed by atoms with E-state index in [1.165, 1.54) is 24.3 Å². The van der Waals surface area contributed by atoms with Crippen LogP contribution in [0.15, 0.2) is 28.7 Å². The fourth-order valence-corrected chi connectivity index (χ4v) is 3.70. The SMILES string of the molecule is CCOC(=O)c1c(NC2CCCCC2)oc(-c2ccc([N+](=O)[O-])cc2)c1C(=O)OCC. The number of benzene rings is 1. The van der Waals surface area contributed by atoms with E-state index < -0.39 is 16.9 Å². The second kappa shape index (κ2) is 10.1. The van der Waals surface area contributed by atoms with Gasteiger partial charge in [-0.15, -0.1) is 0 Å². The van der Waals surface area contributed by atoms with Crippen molar-refractivity contribution in [3.8, 4) is 11.3 Å². The summed E-state index contributed by atoms with van der Waals surface area (Å²) in [5.41, 5.74) is 0.252. The molecule has 31 heavy (non-hydrogen) atoms. The van der Waals surface area contributed by atoms with Crippen LogP contribution >= 0.6 is 0 Å². The highest BCUT2D eigenvalue weighted by Crippen LogP contribution is 2.38. The summed E-state index contributed by atoms with van der Waals surface area (Å²) in [6, 6.07) is 5.67. The largest absolute Gasteiger partial charge is 0.462 e. The highest BCUT2D eigenvalue weighted by atomic mass is 16.6. The maximum Gasteiger partial charge on any atom is 0.344 e. The molecule has 1 heterocycles. The van der Waals surface area contributed by atoms with Crippen LogP contribution in [0.25, 0.3) is 11.3 Å². The Labute approximate surface area is 179 Å². The summed E-state index contributed by atoms with van der Waals surface area (Å²) in [6.07, 6.45) is 5.12. The van der Waals surface area contributed by atoms with E-state index in [2.05, 4.69) is 5.32 Å². The third-order valence-corrected chi connectivity index (χ3v) is 5.15. The van der Waals surface area contributed by atoms with Gasteiger partial charge >= 0.3 is 11.9 Å². The van der Waals surface area contributed by atoms with E-state index in [4.69, 9.17) is 13.9 Å². The summed E-state index contributed by atoms with van der Waals surface area (Å²) in [5, 5.41) is 14.2. The third kappa shape index (κ3) is 5.04. The van der Waals surface area contributed by atoms with Crippen LogP contribution in [-0.2, 0) is 9.47 Å². The number of non-ortho nitro benzene ring substituents is 1.